The second kappa shape index (κ2) is 2.90. The molecule has 74 valence electrons. The summed E-state index contributed by atoms with van der Waals surface area (Å²) in [7, 11) is 0. The lowest BCUT2D eigenvalue weighted by Gasteiger charge is -2.27. The van der Waals surface area contributed by atoms with E-state index in [1.807, 2.05) is 0 Å². The number of rotatable bonds is 0. The smallest absolute Gasteiger partial charge is 0.258 e. The first-order valence-corrected chi connectivity index (χ1v) is 4.01. The van der Waals surface area contributed by atoms with Crippen LogP contribution in [-0.2, 0) is 0 Å². The second-order valence-corrected chi connectivity index (χ2v) is 2.98. The number of nitrogens with zero attached hydrogens (tertiary/aromatic N) is 1. The monoisotopic (exact) mass is 195 g/mol. The van der Waals surface area contributed by atoms with Crippen LogP contribution in [0.1, 0.15) is 11.7 Å². The van der Waals surface area contributed by atoms with Crippen LogP contribution in [0.2, 0.25) is 0 Å². The van der Waals surface area contributed by atoms with Gasteiger partial charge in [0.1, 0.15) is 6.10 Å². The van der Waals surface area contributed by atoms with E-state index in [-0.39, 0.29) is 5.69 Å². The molecule has 1 heterocycles. The number of aliphatic hydroxyl groups is 3. The molecule has 0 aliphatic carbocycles. The molecule has 1 aromatic rings. The Kier molecular flexibility index (Phi) is 1.83. The molecule has 1 aliphatic rings. The van der Waals surface area contributed by atoms with Gasteiger partial charge in [-0.05, 0) is 6.07 Å². The fourth-order valence-corrected chi connectivity index (χ4v) is 1.40. The van der Waals surface area contributed by atoms with Crippen molar-refractivity contribution in [1.82, 2.24) is 0 Å². The van der Waals surface area contributed by atoms with E-state index in [4.69, 9.17) is 0 Å². The minimum atomic E-state index is -1.30. The Bertz CT molecular complexity index is 365. The maximum absolute atomic E-state index is 9.51. The Labute approximate surface area is 79.7 Å². The highest BCUT2D eigenvalue weighted by molar-refractivity contribution is 5.59. The number of aliphatic hydroxyl groups excluding tert-OH is 3. The van der Waals surface area contributed by atoms with Crippen molar-refractivity contribution in [3.05, 3.63) is 41.5 Å². The Morgan fingerprint density at radius 3 is 2.50 bits per heavy atom. The van der Waals surface area contributed by atoms with Gasteiger partial charge in [-0.3, -0.25) is 5.21 Å². The molecular weight excluding hydrogens is 186 g/mol. The largest absolute Gasteiger partial charge is 0.505 e. The van der Waals surface area contributed by atoms with Crippen molar-refractivity contribution in [3.63, 3.8) is 0 Å². The van der Waals surface area contributed by atoms with Crippen molar-refractivity contribution in [3.8, 4) is 0 Å². The predicted molar refractivity (Wildman–Crippen MR) is 48.0 cm³/mol. The van der Waals surface area contributed by atoms with Gasteiger partial charge in [0.25, 0.3) is 5.88 Å². The quantitative estimate of drug-likeness (QED) is 0.500. The third-order valence-electron chi connectivity index (χ3n) is 2.15. The van der Waals surface area contributed by atoms with Crippen molar-refractivity contribution in [1.29, 1.82) is 0 Å². The van der Waals surface area contributed by atoms with Crippen LogP contribution in [0, 0.1) is 0 Å². The van der Waals surface area contributed by atoms with Gasteiger partial charge in [0.05, 0.1) is 5.69 Å². The highest BCUT2D eigenvalue weighted by atomic mass is 16.5. The Balaban J connectivity index is 2.61. The van der Waals surface area contributed by atoms with Gasteiger partial charge >= 0.3 is 0 Å². The summed E-state index contributed by atoms with van der Waals surface area (Å²) in [6, 6.07) is 6.36. The van der Waals surface area contributed by atoms with E-state index in [1.165, 1.54) is 6.07 Å². The van der Waals surface area contributed by atoms with E-state index in [0.717, 1.165) is 0 Å². The summed E-state index contributed by atoms with van der Waals surface area (Å²) in [4.78, 5) is 0. The van der Waals surface area contributed by atoms with E-state index >= 15 is 0 Å². The fraction of sp³-hybridized carbons (Fsp3) is 0.111. The highest BCUT2D eigenvalue weighted by Gasteiger charge is 2.30. The molecule has 0 amide bonds. The Morgan fingerprint density at radius 1 is 1.14 bits per heavy atom. The van der Waals surface area contributed by atoms with Crippen LogP contribution in [0.25, 0.3) is 0 Å². The molecule has 0 fully saturated rings. The number of anilines is 1. The van der Waals surface area contributed by atoms with Crippen molar-refractivity contribution in [2.24, 2.45) is 0 Å². The first kappa shape index (κ1) is 8.86. The van der Waals surface area contributed by atoms with Gasteiger partial charge in [-0.2, -0.15) is 5.06 Å². The van der Waals surface area contributed by atoms with Crippen LogP contribution >= 0.6 is 0 Å². The Morgan fingerprint density at radius 2 is 1.79 bits per heavy atom. The number of hydroxylamine groups is 1. The molecule has 0 saturated carbocycles. The number of para-hydroxylation sites is 1. The van der Waals surface area contributed by atoms with Crippen molar-refractivity contribution < 1.29 is 20.5 Å². The molecule has 5 nitrogen and oxygen atoms in total. The summed E-state index contributed by atoms with van der Waals surface area (Å²) in [5, 5.41) is 37.8. The zero-order valence-electron chi connectivity index (χ0n) is 7.12. The van der Waals surface area contributed by atoms with Crippen molar-refractivity contribution >= 4 is 5.69 Å². The lowest BCUT2D eigenvalue weighted by molar-refractivity contribution is 0.111. The molecule has 4 N–H and O–H groups in total. The van der Waals surface area contributed by atoms with Gasteiger partial charge in [0.2, 0.25) is 0 Å². The molecule has 2 rings (SSSR count). The van der Waals surface area contributed by atoms with Gasteiger partial charge in [-0.1, -0.05) is 18.2 Å². The van der Waals surface area contributed by atoms with Gasteiger partial charge < -0.3 is 15.3 Å². The van der Waals surface area contributed by atoms with Crippen molar-refractivity contribution in [2.75, 3.05) is 5.06 Å². The summed E-state index contributed by atoms with van der Waals surface area (Å²) < 4.78 is 0. The molecule has 14 heavy (non-hydrogen) atoms. The standard InChI is InChI=1S/C9H9NO4/c11-7-5-3-1-2-4-6(5)10(14)9(13)8(7)12/h1-4,7,11-14H. The highest BCUT2D eigenvalue weighted by Crippen LogP contribution is 2.36. The maximum Gasteiger partial charge on any atom is 0.258 e. The number of hydrogen-bond donors (Lipinski definition) is 4. The van der Waals surface area contributed by atoms with E-state index in [9.17, 15) is 20.5 Å². The molecule has 0 radical (unpaired) electrons. The number of benzene rings is 1. The van der Waals surface area contributed by atoms with Crippen LogP contribution in [0.3, 0.4) is 0 Å². The van der Waals surface area contributed by atoms with Gasteiger partial charge in [0.15, 0.2) is 5.76 Å². The minimum Gasteiger partial charge on any atom is -0.505 e. The van der Waals surface area contributed by atoms with Crippen LogP contribution in [0.5, 0.6) is 0 Å². The summed E-state index contributed by atoms with van der Waals surface area (Å²) in [6.45, 7) is 0. The van der Waals surface area contributed by atoms with E-state index < -0.39 is 17.7 Å². The molecule has 1 atom stereocenters. The zero-order valence-corrected chi connectivity index (χ0v) is 7.12. The molecule has 0 saturated heterocycles. The number of hydrogen-bond acceptors (Lipinski definition) is 5. The molecule has 5 heteroatoms. The van der Waals surface area contributed by atoms with Crippen molar-refractivity contribution in [2.45, 2.75) is 6.10 Å². The SMILES string of the molecule is OC1=C(O)N(O)c2ccccc2C1O. The zero-order chi connectivity index (χ0) is 10.3. The van der Waals surface area contributed by atoms with E-state index in [0.29, 0.717) is 10.6 Å². The topological polar surface area (TPSA) is 84.2 Å². The third kappa shape index (κ3) is 1.03. The Hall–Kier alpha value is -1.72. The number of fused-ring (bicyclic) bond motifs is 1. The van der Waals surface area contributed by atoms with Crippen LogP contribution in [-0.4, -0.2) is 20.5 Å². The second-order valence-electron chi connectivity index (χ2n) is 2.98. The van der Waals surface area contributed by atoms with E-state index in [1.54, 1.807) is 18.2 Å². The average Bonchev–Trinajstić information content (AvgIpc) is 2.23. The van der Waals surface area contributed by atoms with Gasteiger partial charge in [-0.25, -0.2) is 0 Å². The van der Waals surface area contributed by atoms with Crippen LogP contribution in [0.15, 0.2) is 35.9 Å². The van der Waals surface area contributed by atoms with Gasteiger partial charge in [0, 0.05) is 5.56 Å². The first-order chi connectivity index (χ1) is 6.63. The summed E-state index contributed by atoms with van der Waals surface area (Å²) in [5.41, 5.74) is 0.584. The fourth-order valence-electron chi connectivity index (χ4n) is 1.40. The molecule has 0 spiro atoms. The molecule has 1 aliphatic heterocycles. The first-order valence-electron chi connectivity index (χ1n) is 4.01. The van der Waals surface area contributed by atoms with Crippen LogP contribution in [0.4, 0.5) is 5.69 Å². The molecular formula is C9H9NO4. The lowest BCUT2D eigenvalue weighted by atomic mass is 10.0. The molecule has 0 aromatic heterocycles. The summed E-state index contributed by atoms with van der Waals surface area (Å²) in [5.74, 6) is -1.41. The predicted octanol–water partition coefficient (Wildman–Crippen LogP) is 1.21. The average molecular weight is 195 g/mol. The molecule has 1 aromatic carbocycles. The third-order valence-corrected chi connectivity index (χ3v) is 2.15. The summed E-state index contributed by atoms with van der Waals surface area (Å²) >= 11 is 0. The summed E-state index contributed by atoms with van der Waals surface area (Å²) in [6.07, 6.45) is -1.30. The molecule has 1 unspecified atom stereocenters. The molecule has 0 bridgehead atoms. The normalized spacial score (nSPS) is 21.0. The van der Waals surface area contributed by atoms with Crippen LogP contribution < -0.4 is 5.06 Å². The minimum absolute atomic E-state index is 0.246. The maximum atomic E-state index is 9.51. The lowest BCUT2D eigenvalue weighted by Crippen LogP contribution is -2.27. The van der Waals surface area contributed by atoms with Gasteiger partial charge in [-0.15, -0.1) is 0 Å². The van der Waals surface area contributed by atoms with E-state index in [2.05, 4.69) is 0 Å².